The molecule has 0 atom stereocenters. The van der Waals surface area contributed by atoms with E-state index in [1.165, 1.54) is 42.2 Å². The van der Waals surface area contributed by atoms with Crippen LogP contribution in [0, 0.1) is 5.92 Å². The van der Waals surface area contributed by atoms with Crippen LogP contribution in [0.3, 0.4) is 0 Å². The molecule has 1 aromatic heterocycles. The van der Waals surface area contributed by atoms with Crippen molar-refractivity contribution in [2.45, 2.75) is 39.0 Å². The quantitative estimate of drug-likeness (QED) is 0.854. The Kier molecular flexibility index (Phi) is 3.76. The molecule has 2 rings (SSSR count). The predicted octanol–water partition coefficient (Wildman–Crippen LogP) is 2.81. The Bertz CT molecular complexity index is 300. The minimum absolute atomic E-state index is 0.629. The first-order valence-electron chi connectivity index (χ1n) is 5.91. The Hall–Kier alpha value is -0.410. The van der Waals surface area contributed by atoms with E-state index in [1.54, 1.807) is 0 Å². The van der Waals surface area contributed by atoms with Gasteiger partial charge in [-0.1, -0.05) is 13.8 Å². The van der Waals surface area contributed by atoms with Crippen LogP contribution in [0.25, 0.3) is 0 Å². The van der Waals surface area contributed by atoms with Gasteiger partial charge in [-0.3, -0.25) is 0 Å². The average molecular weight is 224 g/mol. The summed E-state index contributed by atoms with van der Waals surface area (Å²) in [6.45, 7) is 6.85. The maximum Gasteiger partial charge on any atom is 0.0930 e. The SMILES string of the molecule is CC(C)c1cnc(CC2CCNCC2)s1. The first-order valence-corrected chi connectivity index (χ1v) is 6.72. The van der Waals surface area contributed by atoms with Crippen molar-refractivity contribution in [2.24, 2.45) is 5.92 Å². The molecule has 0 radical (unpaired) electrons. The Morgan fingerprint density at radius 3 is 2.80 bits per heavy atom. The summed E-state index contributed by atoms with van der Waals surface area (Å²) in [5.74, 6) is 1.49. The third-order valence-corrected chi connectivity index (χ3v) is 4.38. The molecule has 0 spiro atoms. The number of aromatic nitrogens is 1. The molecule has 1 aliphatic rings. The molecule has 1 saturated heterocycles. The van der Waals surface area contributed by atoms with Gasteiger partial charge in [0, 0.05) is 17.5 Å². The van der Waals surface area contributed by atoms with Gasteiger partial charge in [-0.15, -0.1) is 11.3 Å². The Labute approximate surface area is 96.1 Å². The zero-order chi connectivity index (χ0) is 10.7. The van der Waals surface area contributed by atoms with Gasteiger partial charge in [0.05, 0.1) is 5.01 Å². The van der Waals surface area contributed by atoms with Gasteiger partial charge in [-0.25, -0.2) is 4.98 Å². The van der Waals surface area contributed by atoms with Gasteiger partial charge in [0.2, 0.25) is 0 Å². The molecule has 1 aliphatic heterocycles. The second-order valence-corrected chi connectivity index (χ2v) is 5.86. The van der Waals surface area contributed by atoms with Crippen LogP contribution in [0.2, 0.25) is 0 Å². The number of rotatable bonds is 3. The van der Waals surface area contributed by atoms with Crippen molar-refractivity contribution in [1.82, 2.24) is 10.3 Å². The third kappa shape index (κ3) is 3.02. The number of thiazole rings is 1. The first kappa shape index (κ1) is 11.1. The van der Waals surface area contributed by atoms with E-state index in [0.717, 1.165) is 5.92 Å². The van der Waals surface area contributed by atoms with Crippen molar-refractivity contribution < 1.29 is 0 Å². The molecular formula is C12H20N2S. The molecule has 0 aliphatic carbocycles. The fraction of sp³-hybridized carbons (Fsp3) is 0.750. The van der Waals surface area contributed by atoms with E-state index < -0.39 is 0 Å². The number of hydrogen-bond acceptors (Lipinski definition) is 3. The van der Waals surface area contributed by atoms with Crippen LogP contribution in [0.4, 0.5) is 0 Å². The molecule has 0 unspecified atom stereocenters. The minimum Gasteiger partial charge on any atom is -0.317 e. The molecule has 15 heavy (non-hydrogen) atoms. The van der Waals surface area contributed by atoms with Gasteiger partial charge in [0.1, 0.15) is 0 Å². The van der Waals surface area contributed by atoms with Crippen LogP contribution >= 0.6 is 11.3 Å². The second-order valence-electron chi connectivity index (χ2n) is 4.71. The molecular weight excluding hydrogens is 204 g/mol. The van der Waals surface area contributed by atoms with E-state index in [1.807, 2.05) is 11.3 Å². The minimum atomic E-state index is 0.629. The Morgan fingerprint density at radius 2 is 2.20 bits per heavy atom. The normalized spacial score (nSPS) is 18.6. The number of piperidine rings is 1. The Balaban J connectivity index is 1.91. The number of nitrogens with zero attached hydrogens (tertiary/aromatic N) is 1. The van der Waals surface area contributed by atoms with Crippen molar-refractivity contribution in [3.05, 3.63) is 16.1 Å². The summed E-state index contributed by atoms with van der Waals surface area (Å²) in [5, 5.41) is 4.75. The summed E-state index contributed by atoms with van der Waals surface area (Å²) >= 11 is 1.90. The third-order valence-electron chi connectivity index (χ3n) is 3.06. The summed E-state index contributed by atoms with van der Waals surface area (Å²) in [4.78, 5) is 5.96. The summed E-state index contributed by atoms with van der Waals surface area (Å²) in [6, 6.07) is 0. The van der Waals surface area contributed by atoms with Crippen LogP contribution in [-0.4, -0.2) is 18.1 Å². The second kappa shape index (κ2) is 5.08. The van der Waals surface area contributed by atoms with Gasteiger partial charge in [-0.05, 0) is 37.8 Å². The van der Waals surface area contributed by atoms with E-state index >= 15 is 0 Å². The summed E-state index contributed by atoms with van der Waals surface area (Å²) in [7, 11) is 0. The van der Waals surface area contributed by atoms with Gasteiger partial charge < -0.3 is 5.32 Å². The molecule has 0 amide bonds. The van der Waals surface area contributed by atoms with E-state index in [0.29, 0.717) is 5.92 Å². The van der Waals surface area contributed by atoms with Crippen molar-refractivity contribution >= 4 is 11.3 Å². The lowest BCUT2D eigenvalue weighted by atomic mass is 9.95. The highest BCUT2D eigenvalue weighted by atomic mass is 32.1. The maximum atomic E-state index is 4.53. The van der Waals surface area contributed by atoms with Gasteiger partial charge in [-0.2, -0.15) is 0 Å². The summed E-state index contributed by atoms with van der Waals surface area (Å²) in [6.07, 6.45) is 5.89. The van der Waals surface area contributed by atoms with Gasteiger partial charge in [0.25, 0.3) is 0 Å². The topological polar surface area (TPSA) is 24.9 Å². The predicted molar refractivity (Wildman–Crippen MR) is 65.5 cm³/mol. The fourth-order valence-electron chi connectivity index (χ4n) is 2.02. The van der Waals surface area contributed by atoms with Crippen LogP contribution in [0.1, 0.15) is 42.5 Å². The maximum absolute atomic E-state index is 4.53. The van der Waals surface area contributed by atoms with Crippen molar-refractivity contribution in [2.75, 3.05) is 13.1 Å². The summed E-state index contributed by atoms with van der Waals surface area (Å²) in [5.41, 5.74) is 0. The molecule has 3 heteroatoms. The Morgan fingerprint density at radius 1 is 1.47 bits per heavy atom. The highest BCUT2D eigenvalue weighted by molar-refractivity contribution is 7.11. The zero-order valence-corrected chi connectivity index (χ0v) is 10.4. The van der Waals surface area contributed by atoms with Gasteiger partial charge in [0.15, 0.2) is 0 Å². The molecule has 1 fully saturated rings. The lowest BCUT2D eigenvalue weighted by Crippen LogP contribution is -2.28. The highest BCUT2D eigenvalue weighted by Crippen LogP contribution is 2.25. The number of nitrogens with one attached hydrogen (secondary N) is 1. The lowest BCUT2D eigenvalue weighted by Gasteiger charge is -2.21. The standard InChI is InChI=1S/C12H20N2S/c1-9(2)11-8-14-12(15-11)7-10-3-5-13-6-4-10/h8-10,13H,3-7H2,1-2H3. The van der Waals surface area contributed by atoms with E-state index in [4.69, 9.17) is 0 Å². The smallest absolute Gasteiger partial charge is 0.0930 e. The van der Waals surface area contributed by atoms with Crippen molar-refractivity contribution in [1.29, 1.82) is 0 Å². The average Bonchev–Trinajstić information content (AvgIpc) is 2.68. The van der Waals surface area contributed by atoms with E-state index in [2.05, 4.69) is 30.3 Å². The molecule has 1 aromatic rings. The highest BCUT2D eigenvalue weighted by Gasteiger charge is 2.15. The largest absolute Gasteiger partial charge is 0.317 e. The zero-order valence-electron chi connectivity index (χ0n) is 9.62. The van der Waals surface area contributed by atoms with E-state index in [-0.39, 0.29) is 0 Å². The molecule has 2 heterocycles. The van der Waals surface area contributed by atoms with Crippen LogP contribution in [0.5, 0.6) is 0 Å². The molecule has 84 valence electrons. The first-order chi connectivity index (χ1) is 7.25. The molecule has 0 bridgehead atoms. The number of hydrogen-bond donors (Lipinski definition) is 1. The van der Waals surface area contributed by atoms with Crippen LogP contribution in [0.15, 0.2) is 6.20 Å². The molecule has 1 N–H and O–H groups in total. The lowest BCUT2D eigenvalue weighted by molar-refractivity contribution is 0.372. The molecule has 0 aromatic carbocycles. The van der Waals surface area contributed by atoms with Crippen molar-refractivity contribution in [3.63, 3.8) is 0 Å². The fourth-order valence-corrected chi connectivity index (χ4v) is 3.06. The van der Waals surface area contributed by atoms with E-state index in [9.17, 15) is 0 Å². The monoisotopic (exact) mass is 224 g/mol. The van der Waals surface area contributed by atoms with Crippen LogP contribution < -0.4 is 5.32 Å². The molecule has 0 saturated carbocycles. The van der Waals surface area contributed by atoms with Crippen LogP contribution in [-0.2, 0) is 6.42 Å². The van der Waals surface area contributed by atoms with Gasteiger partial charge >= 0.3 is 0 Å². The molecule has 2 nitrogen and oxygen atoms in total. The van der Waals surface area contributed by atoms with Crippen molar-refractivity contribution in [3.8, 4) is 0 Å². The summed E-state index contributed by atoms with van der Waals surface area (Å²) < 4.78 is 0.